The van der Waals surface area contributed by atoms with Crippen LogP contribution in [0.15, 0.2) is 152 Å². The molecule has 4 heteroatoms. The van der Waals surface area contributed by atoms with Crippen LogP contribution in [0.2, 0.25) is 15.1 Å². The van der Waals surface area contributed by atoms with Crippen molar-refractivity contribution in [1.82, 2.24) is 0 Å². The normalized spacial score (nSPS) is 26.3. The number of aryl methyl sites for hydroxylation is 19. The molecule has 8 aliphatic rings. The third-order valence-corrected chi connectivity index (χ3v) is 34.7. The van der Waals surface area contributed by atoms with Crippen LogP contribution in [0.5, 0.6) is 5.75 Å². The summed E-state index contributed by atoms with van der Waals surface area (Å²) < 4.78 is 5.13. The van der Waals surface area contributed by atoms with E-state index in [1.54, 1.807) is 26.4 Å². The Balaban J connectivity index is 0.000000313. The molecular formula is C133H209Cl3O. The molecule has 8 aromatic carbocycles. The van der Waals surface area contributed by atoms with E-state index < -0.39 is 0 Å². The first kappa shape index (κ1) is 124. The van der Waals surface area contributed by atoms with Gasteiger partial charge >= 0.3 is 0 Å². The summed E-state index contributed by atoms with van der Waals surface area (Å²) in [5.41, 5.74) is 24.6. The molecule has 0 heterocycles. The molecule has 8 saturated carbocycles. The van der Waals surface area contributed by atoms with E-state index >= 15 is 0 Å². The van der Waals surface area contributed by atoms with Crippen molar-refractivity contribution >= 4 is 34.8 Å². The summed E-state index contributed by atoms with van der Waals surface area (Å²) >= 11 is 17.4. The molecule has 16 rings (SSSR count). The summed E-state index contributed by atoms with van der Waals surface area (Å²) in [7, 11) is 1.70. The highest BCUT2D eigenvalue weighted by Gasteiger charge is 2.33. The maximum atomic E-state index is 5.83. The molecular weight excluding hydrogens is 1720 g/mol. The maximum absolute atomic E-state index is 5.83. The first-order chi connectivity index (χ1) is 64.7. The Labute approximate surface area is 864 Å². The molecule has 8 aromatic rings. The van der Waals surface area contributed by atoms with Gasteiger partial charge in [0.2, 0.25) is 0 Å². The predicted molar refractivity (Wildman–Crippen MR) is 615 cm³/mol. The van der Waals surface area contributed by atoms with Crippen molar-refractivity contribution < 1.29 is 4.74 Å². The lowest BCUT2D eigenvalue weighted by Gasteiger charge is -2.37. The van der Waals surface area contributed by atoms with Crippen LogP contribution in [0.3, 0.4) is 0 Å². The van der Waals surface area contributed by atoms with Crippen molar-refractivity contribution in [2.75, 3.05) is 7.11 Å². The number of ether oxygens (including phenoxy) is 1. The minimum atomic E-state index is 0.780. The average molecular weight is 1930 g/mol. The van der Waals surface area contributed by atoms with Crippen molar-refractivity contribution in [2.24, 2.45) is 118 Å². The average Bonchev–Trinajstić information content (AvgIpc) is 0.850. The molecule has 0 saturated heterocycles. The van der Waals surface area contributed by atoms with Crippen LogP contribution in [0, 0.1) is 250 Å². The van der Waals surface area contributed by atoms with Gasteiger partial charge in [0.25, 0.3) is 0 Å². The number of methoxy groups -OCH3 is 1. The van der Waals surface area contributed by atoms with Gasteiger partial charge in [-0.15, -0.1) is 0 Å². The minimum Gasteiger partial charge on any atom is -0.496 e. The van der Waals surface area contributed by atoms with Crippen molar-refractivity contribution in [3.8, 4) is 5.75 Å². The third kappa shape index (κ3) is 52.5. The standard InChI is InChI=1S/2C17H32.C15H28.C10H14.C9H12O.C9H12.C8H8Cl2.C8H9Cl.C8H16.C8H10.C8H16.2C8H10/c2*1-12-5-7-16(9-14(12)3)11-17-8-6-13(2)15(4)10-17;1-12-3-7-14(8-4-12)11-15-9-5-13(2)6-10-15;1-7-5-9(3)10(4)6-8(7)2;1-7-4-5-8(2)9(6-7)10-3;1-7-4-5-8(2)9(3)6-7;1-5-3-8(10)6(2)4-7(5)9;1-6-3-4-8(9)7(2)5-6;2*1-7-3-5-8(2)6-4-7;2*1-7-4-3-5-8(2)6-7;1-7-5-3-4-6-8(7)2/h2*12-17H,5-11H2,1-4H3;12-15H,3-11H2,1-2H3;5-6H,1-4H3;4-6H,1-3H3;4-6H,1-3H3;3-4H,1-2H3;3-5H,1-2H3;7-8H,3-6H2,1-2H3;3-6H,1-2H3;7-8H,3-6H2,1-2H3;2*3-6H,1-2H3. The van der Waals surface area contributed by atoms with Gasteiger partial charge in [0.1, 0.15) is 5.75 Å². The second-order valence-electron chi connectivity index (χ2n) is 47.3. The summed E-state index contributed by atoms with van der Waals surface area (Å²) in [6, 6.07) is 52.2. The molecule has 8 fully saturated rings. The van der Waals surface area contributed by atoms with Gasteiger partial charge in [0.15, 0.2) is 0 Å². The van der Waals surface area contributed by atoms with Gasteiger partial charge in [-0.2, -0.15) is 0 Å². The van der Waals surface area contributed by atoms with Crippen molar-refractivity contribution in [3.05, 3.63) is 272 Å². The Morgan fingerprint density at radius 2 is 0.460 bits per heavy atom. The van der Waals surface area contributed by atoms with Gasteiger partial charge in [0, 0.05) is 15.1 Å². The van der Waals surface area contributed by atoms with Gasteiger partial charge < -0.3 is 4.74 Å². The first-order valence-electron chi connectivity index (χ1n) is 55.6. The Morgan fingerprint density at radius 3 is 0.723 bits per heavy atom. The Hall–Kier alpha value is -5.57. The molecule has 0 aromatic heterocycles. The molecule has 0 radical (unpaired) electrons. The van der Waals surface area contributed by atoms with Crippen LogP contribution in [0.4, 0.5) is 0 Å². The predicted octanol–water partition coefficient (Wildman–Crippen LogP) is 43.1. The van der Waals surface area contributed by atoms with Gasteiger partial charge in [-0.05, 0) is 398 Å². The van der Waals surface area contributed by atoms with Crippen LogP contribution < -0.4 is 4.74 Å². The van der Waals surface area contributed by atoms with Crippen LogP contribution in [-0.4, -0.2) is 7.11 Å². The summed E-state index contributed by atoms with van der Waals surface area (Å²) in [6.07, 6.45) is 46.7. The molecule has 768 valence electrons. The SMILES string of the molecule is CC1CCC(C)CC1.CC1CCC(CC2CCC(C)C(C)C2)CC1C.CC1CCC(CC2CCC(C)C(C)C2)CC1C.CC1CCC(CC2CCC(C)CC2)CC1.CC1CCCC(C)C1.COc1cc(C)ccc1C.Cc1cc(C)c(C)cc1C.Cc1cc(Cl)c(C)cc1Cl.Cc1ccc(C)c(C)c1.Cc1ccc(C)cc1.Cc1ccc(Cl)c(C)c1.Cc1cccc(C)c1.Cc1ccccc1C. The van der Waals surface area contributed by atoms with Gasteiger partial charge in [-0.25, -0.2) is 0 Å². The smallest absolute Gasteiger partial charge is 0.122 e. The number of benzene rings is 8. The van der Waals surface area contributed by atoms with Crippen molar-refractivity contribution in [2.45, 2.75) is 428 Å². The number of halogens is 3. The van der Waals surface area contributed by atoms with E-state index in [0.717, 1.165) is 156 Å². The van der Waals surface area contributed by atoms with Crippen LogP contribution in [0.1, 0.15) is 402 Å². The fourth-order valence-electron chi connectivity index (χ4n) is 21.8. The van der Waals surface area contributed by atoms with E-state index in [9.17, 15) is 0 Å². The number of rotatable bonds is 7. The fraction of sp³-hybridized carbons (Fsp3) is 0.639. The Kier molecular flexibility index (Phi) is 60.6. The molecule has 0 bridgehead atoms. The Bertz CT molecular complexity index is 4130. The van der Waals surface area contributed by atoms with Crippen LogP contribution >= 0.6 is 34.8 Å². The highest BCUT2D eigenvalue weighted by molar-refractivity contribution is 6.34. The van der Waals surface area contributed by atoms with Crippen molar-refractivity contribution in [1.29, 1.82) is 0 Å². The lowest BCUT2D eigenvalue weighted by molar-refractivity contribution is 0.139. The van der Waals surface area contributed by atoms with E-state index in [-0.39, 0.29) is 0 Å². The zero-order valence-corrected chi connectivity index (χ0v) is 97.2. The first-order valence-corrected chi connectivity index (χ1v) is 56.7. The summed E-state index contributed by atoms with van der Waals surface area (Å²) in [4.78, 5) is 0. The van der Waals surface area contributed by atoms with E-state index in [1.165, 1.54) is 269 Å². The lowest BCUT2D eigenvalue weighted by Crippen LogP contribution is -2.26. The summed E-state index contributed by atoms with van der Waals surface area (Å²) in [5, 5.41) is 2.41. The van der Waals surface area contributed by atoms with Gasteiger partial charge in [0.05, 0.1) is 7.11 Å². The van der Waals surface area contributed by atoms with Crippen LogP contribution in [0.25, 0.3) is 0 Å². The second-order valence-corrected chi connectivity index (χ2v) is 48.5. The molecule has 0 aliphatic heterocycles. The molecule has 14 atom stereocenters. The quantitative estimate of drug-likeness (QED) is 0.155. The largest absolute Gasteiger partial charge is 0.496 e. The molecule has 1 nitrogen and oxygen atoms in total. The zero-order valence-electron chi connectivity index (χ0n) is 94.9. The fourth-order valence-corrected chi connectivity index (χ4v) is 22.3. The molecule has 14 unspecified atom stereocenters. The second kappa shape index (κ2) is 67.1. The topological polar surface area (TPSA) is 9.23 Å². The number of hydrogen-bond acceptors (Lipinski definition) is 1. The zero-order chi connectivity index (χ0) is 102. The van der Waals surface area contributed by atoms with Crippen LogP contribution in [-0.2, 0) is 0 Å². The molecule has 0 N–H and O–H groups in total. The Morgan fingerprint density at radius 1 is 0.197 bits per heavy atom. The molecule has 8 aliphatic carbocycles. The highest BCUT2D eigenvalue weighted by Crippen LogP contribution is 2.45. The minimum absolute atomic E-state index is 0.780. The lowest BCUT2D eigenvalue weighted by atomic mass is 9.68. The van der Waals surface area contributed by atoms with Gasteiger partial charge in [-0.3, -0.25) is 0 Å². The van der Waals surface area contributed by atoms with E-state index in [0.29, 0.717) is 0 Å². The maximum Gasteiger partial charge on any atom is 0.122 e. The van der Waals surface area contributed by atoms with E-state index in [1.807, 2.05) is 58.0 Å². The molecule has 0 spiro atoms. The monoisotopic (exact) mass is 1930 g/mol. The van der Waals surface area contributed by atoms with E-state index in [4.69, 9.17) is 39.5 Å². The highest BCUT2D eigenvalue weighted by atomic mass is 35.5. The third-order valence-electron chi connectivity index (χ3n) is 33.5. The summed E-state index contributed by atoms with van der Waals surface area (Å²) in [5.74, 6) is 21.4. The van der Waals surface area contributed by atoms with E-state index in [2.05, 4.69) is 322 Å². The van der Waals surface area contributed by atoms with Gasteiger partial charge in [-0.1, -0.05) is 440 Å². The van der Waals surface area contributed by atoms with Crippen molar-refractivity contribution in [3.63, 3.8) is 0 Å². The number of hydrogen-bond donors (Lipinski definition) is 0. The summed E-state index contributed by atoms with van der Waals surface area (Å²) in [6.45, 7) is 73.7. The molecule has 137 heavy (non-hydrogen) atoms. The molecule has 0 amide bonds.